The zero-order valence-electron chi connectivity index (χ0n) is 6.26. The average molecular weight is 173 g/mol. The lowest BCUT2D eigenvalue weighted by Gasteiger charge is -2.20. The first kappa shape index (κ1) is 6.71. The molecule has 1 N–H and O–H groups in total. The van der Waals surface area contributed by atoms with Gasteiger partial charge in [0.25, 0.3) is 5.12 Å². The van der Waals surface area contributed by atoms with Crippen molar-refractivity contribution in [3.63, 3.8) is 0 Å². The van der Waals surface area contributed by atoms with Crippen LogP contribution in [0.1, 0.15) is 25.7 Å². The molecule has 0 radical (unpaired) electrons. The van der Waals surface area contributed by atoms with E-state index in [2.05, 4.69) is 5.32 Å². The van der Waals surface area contributed by atoms with Crippen LogP contribution in [0.25, 0.3) is 0 Å². The van der Waals surface area contributed by atoms with Crippen LogP contribution in [-0.2, 0) is 9.78 Å². The summed E-state index contributed by atoms with van der Waals surface area (Å²) in [5, 5.41) is 3.31. The molecule has 1 unspecified atom stereocenters. The van der Waals surface area contributed by atoms with Gasteiger partial charge < -0.3 is 5.32 Å². The van der Waals surface area contributed by atoms with Gasteiger partial charge >= 0.3 is 0 Å². The minimum atomic E-state index is -0.225. The molecule has 1 atom stereocenters. The molecule has 0 amide bonds. The van der Waals surface area contributed by atoms with Gasteiger partial charge in [0.15, 0.2) is 0 Å². The van der Waals surface area contributed by atoms with E-state index in [0.717, 1.165) is 13.0 Å². The average Bonchev–Trinajstić information content (AvgIpc) is 2.46. The summed E-state index contributed by atoms with van der Waals surface area (Å²) in [7, 11) is 0. The molecule has 2 spiro atoms. The fraction of sp³-hybridized carbons (Fsp3) is 1.00. The predicted molar refractivity (Wildman–Crippen MR) is 41.7 cm³/mol. The second-order valence-electron chi connectivity index (χ2n) is 3.48. The van der Waals surface area contributed by atoms with Crippen molar-refractivity contribution in [1.29, 1.82) is 0 Å². The Balaban J connectivity index is 1.80. The Morgan fingerprint density at radius 1 is 1.18 bits per heavy atom. The molecule has 0 aromatic heterocycles. The molecule has 0 aliphatic carbocycles. The maximum Gasteiger partial charge on any atom is 0.281 e. The van der Waals surface area contributed by atoms with Crippen LogP contribution in [0.3, 0.4) is 0 Å². The van der Waals surface area contributed by atoms with Gasteiger partial charge in [-0.15, -0.1) is 0 Å². The van der Waals surface area contributed by atoms with Crippen LogP contribution >= 0.6 is 11.8 Å². The molecule has 3 aliphatic rings. The SMILES string of the molecule is C1CNC2(C1)CCC1(OO1)S2. The predicted octanol–water partition coefficient (Wildman–Crippen LogP) is 1.21. The molecule has 3 nitrogen and oxygen atoms in total. The molecule has 3 heterocycles. The van der Waals surface area contributed by atoms with Gasteiger partial charge in [-0.25, -0.2) is 0 Å². The summed E-state index contributed by atoms with van der Waals surface area (Å²) in [6.07, 6.45) is 4.80. The summed E-state index contributed by atoms with van der Waals surface area (Å²) in [6, 6.07) is 0. The first-order valence-corrected chi connectivity index (χ1v) is 4.96. The molecule has 3 fully saturated rings. The van der Waals surface area contributed by atoms with Gasteiger partial charge in [-0.2, -0.15) is 9.78 Å². The highest BCUT2D eigenvalue weighted by Crippen LogP contribution is 2.60. The fourth-order valence-corrected chi connectivity index (χ4v) is 3.52. The highest BCUT2D eigenvalue weighted by atomic mass is 32.2. The Hall–Kier alpha value is 0.230. The number of thioether (sulfide) groups is 1. The largest absolute Gasteiger partial charge is 0.303 e. The van der Waals surface area contributed by atoms with Crippen molar-refractivity contribution >= 4 is 11.8 Å². The molecule has 4 heteroatoms. The topological polar surface area (TPSA) is 37.1 Å². The van der Waals surface area contributed by atoms with E-state index >= 15 is 0 Å². The van der Waals surface area contributed by atoms with Gasteiger partial charge in [-0.3, -0.25) is 0 Å². The standard InChI is InChI=1S/C7H11NO2S/c1-2-6(8-5-1)3-4-7(11-6)9-10-7/h8H,1-5H2. The third kappa shape index (κ3) is 0.935. The van der Waals surface area contributed by atoms with Crippen LogP contribution in [0, 0.1) is 0 Å². The van der Waals surface area contributed by atoms with E-state index in [1.807, 2.05) is 11.8 Å². The molecule has 0 bridgehead atoms. The first-order chi connectivity index (χ1) is 5.33. The van der Waals surface area contributed by atoms with Crippen LogP contribution in [0.15, 0.2) is 0 Å². The molecule has 11 heavy (non-hydrogen) atoms. The van der Waals surface area contributed by atoms with E-state index in [0.29, 0.717) is 4.87 Å². The van der Waals surface area contributed by atoms with Crippen LogP contribution < -0.4 is 5.32 Å². The summed E-state index contributed by atoms with van der Waals surface area (Å²) in [5.74, 6) is 0. The summed E-state index contributed by atoms with van der Waals surface area (Å²) < 4.78 is 0. The Morgan fingerprint density at radius 3 is 2.64 bits per heavy atom. The van der Waals surface area contributed by atoms with Gasteiger partial charge in [0.2, 0.25) is 0 Å². The normalized spacial score (nSPS) is 45.8. The van der Waals surface area contributed by atoms with E-state index < -0.39 is 0 Å². The maximum absolute atomic E-state index is 4.97. The van der Waals surface area contributed by atoms with Crippen molar-refractivity contribution in [1.82, 2.24) is 5.32 Å². The van der Waals surface area contributed by atoms with E-state index in [4.69, 9.17) is 9.78 Å². The summed E-state index contributed by atoms with van der Waals surface area (Å²) in [4.78, 5) is 10.2. The third-order valence-corrected chi connectivity index (χ3v) is 4.25. The molecule has 3 rings (SSSR count). The second-order valence-corrected chi connectivity index (χ2v) is 5.08. The van der Waals surface area contributed by atoms with Crippen LogP contribution in [-0.4, -0.2) is 16.5 Å². The van der Waals surface area contributed by atoms with Crippen molar-refractivity contribution in [3.8, 4) is 0 Å². The molecular formula is C7H11NO2S. The molecule has 3 saturated heterocycles. The van der Waals surface area contributed by atoms with E-state index in [1.165, 1.54) is 19.3 Å². The third-order valence-electron chi connectivity index (χ3n) is 2.66. The Kier molecular flexibility index (Phi) is 1.18. The molecule has 0 aromatic rings. The first-order valence-electron chi connectivity index (χ1n) is 4.15. The Morgan fingerprint density at radius 2 is 2.09 bits per heavy atom. The highest BCUT2D eigenvalue weighted by Gasteiger charge is 2.61. The van der Waals surface area contributed by atoms with Gasteiger partial charge in [-0.1, -0.05) is 11.8 Å². The van der Waals surface area contributed by atoms with Crippen molar-refractivity contribution < 1.29 is 9.78 Å². The maximum atomic E-state index is 4.97. The van der Waals surface area contributed by atoms with Crippen LogP contribution in [0.5, 0.6) is 0 Å². The molecule has 3 aliphatic heterocycles. The fourth-order valence-electron chi connectivity index (χ4n) is 2.00. The number of rotatable bonds is 0. The van der Waals surface area contributed by atoms with Gasteiger partial charge in [0, 0.05) is 6.42 Å². The minimum absolute atomic E-state index is 0.225. The Bertz CT molecular complexity index is 187. The van der Waals surface area contributed by atoms with Gasteiger partial charge in [-0.05, 0) is 25.8 Å². The van der Waals surface area contributed by atoms with E-state index in [-0.39, 0.29) is 5.12 Å². The van der Waals surface area contributed by atoms with E-state index in [9.17, 15) is 0 Å². The number of hydrogen-bond acceptors (Lipinski definition) is 4. The van der Waals surface area contributed by atoms with Crippen molar-refractivity contribution in [2.75, 3.05) is 6.54 Å². The molecule has 0 aromatic carbocycles. The van der Waals surface area contributed by atoms with E-state index in [1.54, 1.807) is 0 Å². The summed E-state index contributed by atoms with van der Waals surface area (Å²) >= 11 is 1.83. The van der Waals surface area contributed by atoms with Crippen LogP contribution in [0.2, 0.25) is 0 Å². The van der Waals surface area contributed by atoms with Crippen LogP contribution in [0.4, 0.5) is 0 Å². The number of hydrogen-bond donors (Lipinski definition) is 1. The van der Waals surface area contributed by atoms with Crippen molar-refractivity contribution in [2.45, 2.75) is 35.7 Å². The van der Waals surface area contributed by atoms with Crippen molar-refractivity contribution in [2.24, 2.45) is 0 Å². The lowest BCUT2D eigenvalue weighted by molar-refractivity contribution is 0.0850. The molecular weight excluding hydrogens is 162 g/mol. The smallest absolute Gasteiger partial charge is 0.281 e. The zero-order valence-corrected chi connectivity index (χ0v) is 7.08. The zero-order chi connectivity index (χ0) is 7.36. The quantitative estimate of drug-likeness (QED) is 0.441. The highest BCUT2D eigenvalue weighted by molar-refractivity contribution is 8.02. The summed E-state index contributed by atoms with van der Waals surface area (Å²) in [6.45, 7) is 1.16. The Labute approximate surface area is 69.7 Å². The molecule has 0 saturated carbocycles. The summed E-state index contributed by atoms with van der Waals surface area (Å²) in [5.41, 5.74) is 0. The second kappa shape index (κ2) is 1.93. The number of nitrogens with one attached hydrogen (secondary N) is 1. The molecule has 62 valence electrons. The van der Waals surface area contributed by atoms with Gasteiger partial charge in [0.1, 0.15) is 0 Å². The minimum Gasteiger partial charge on any atom is -0.303 e. The lowest BCUT2D eigenvalue weighted by atomic mass is 10.1. The van der Waals surface area contributed by atoms with Crippen molar-refractivity contribution in [3.05, 3.63) is 0 Å². The monoisotopic (exact) mass is 173 g/mol. The lowest BCUT2D eigenvalue weighted by Crippen LogP contribution is -2.33. The van der Waals surface area contributed by atoms with Gasteiger partial charge in [0.05, 0.1) is 4.87 Å².